The van der Waals surface area contributed by atoms with Crippen molar-refractivity contribution in [1.82, 2.24) is 9.62 Å². The number of benzene rings is 1. The average molecular weight is 383 g/mol. The molecule has 0 aromatic heterocycles. The monoisotopic (exact) mass is 383 g/mol. The molecule has 0 aliphatic carbocycles. The van der Waals surface area contributed by atoms with Crippen molar-refractivity contribution in [2.24, 2.45) is 0 Å². The first-order chi connectivity index (χ1) is 12.3. The highest BCUT2D eigenvalue weighted by Gasteiger charge is 2.18. The van der Waals surface area contributed by atoms with Gasteiger partial charge in [0.15, 0.2) is 0 Å². The number of nitrogens with one attached hydrogen (secondary N) is 2. The fourth-order valence-electron chi connectivity index (χ4n) is 2.51. The van der Waals surface area contributed by atoms with Gasteiger partial charge in [0.2, 0.25) is 21.8 Å². The maximum Gasteiger partial charge on any atom is 0.240 e. The Hall–Kier alpha value is -1.97. The number of morpholine rings is 1. The lowest BCUT2D eigenvalue weighted by Crippen LogP contribution is -2.40. The second-order valence-electron chi connectivity index (χ2n) is 6.34. The molecule has 0 saturated carbocycles. The molecule has 8 nitrogen and oxygen atoms in total. The summed E-state index contributed by atoms with van der Waals surface area (Å²) < 4.78 is 31.8. The van der Waals surface area contributed by atoms with Gasteiger partial charge in [-0.3, -0.25) is 9.59 Å². The van der Waals surface area contributed by atoms with Crippen LogP contribution >= 0.6 is 0 Å². The van der Waals surface area contributed by atoms with Crippen LogP contribution in [0.1, 0.15) is 26.7 Å². The minimum absolute atomic E-state index is 0.0651. The molecule has 1 aromatic rings. The molecule has 2 amide bonds. The number of carbonyl (C=O) groups excluding carboxylic acids is 2. The van der Waals surface area contributed by atoms with Gasteiger partial charge in [0.1, 0.15) is 0 Å². The van der Waals surface area contributed by atoms with Crippen LogP contribution in [0, 0.1) is 0 Å². The third-order valence-corrected chi connectivity index (χ3v) is 5.44. The van der Waals surface area contributed by atoms with E-state index in [0.29, 0.717) is 32.0 Å². The first kappa shape index (κ1) is 20.3. The van der Waals surface area contributed by atoms with E-state index in [1.165, 1.54) is 24.3 Å². The highest BCUT2D eigenvalue weighted by Crippen LogP contribution is 2.15. The van der Waals surface area contributed by atoms with Gasteiger partial charge in [-0.25, -0.2) is 13.1 Å². The molecule has 26 heavy (non-hydrogen) atoms. The molecule has 2 rings (SSSR count). The van der Waals surface area contributed by atoms with Crippen molar-refractivity contribution in [3.63, 3.8) is 0 Å². The quantitative estimate of drug-likeness (QED) is 0.729. The number of sulfonamides is 1. The van der Waals surface area contributed by atoms with Crippen molar-refractivity contribution in [3.8, 4) is 0 Å². The molecule has 2 N–H and O–H groups in total. The maximum atomic E-state index is 12.1. The lowest BCUT2D eigenvalue weighted by molar-refractivity contribution is -0.136. The molecule has 1 aliphatic heterocycles. The highest BCUT2D eigenvalue weighted by atomic mass is 32.2. The van der Waals surface area contributed by atoms with E-state index < -0.39 is 10.0 Å². The number of hydrogen-bond acceptors (Lipinski definition) is 5. The van der Waals surface area contributed by atoms with E-state index in [1.54, 1.807) is 18.7 Å². The van der Waals surface area contributed by atoms with Gasteiger partial charge in [-0.2, -0.15) is 0 Å². The first-order valence-electron chi connectivity index (χ1n) is 8.56. The Morgan fingerprint density at radius 3 is 2.31 bits per heavy atom. The minimum atomic E-state index is -3.56. The van der Waals surface area contributed by atoms with E-state index in [0.717, 1.165) is 0 Å². The maximum absolute atomic E-state index is 12.1. The third kappa shape index (κ3) is 6.08. The molecule has 144 valence electrons. The summed E-state index contributed by atoms with van der Waals surface area (Å²) in [5.41, 5.74) is 0.484. The van der Waals surface area contributed by atoms with E-state index in [-0.39, 0.29) is 35.6 Å². The predicted molar refractivity (Wildman–Crippen MR) is 97.2 cm³/mol. The highest BCUT2D eigenvalue weighted by molar-refractivity contribution is 7.89. The number of hydrogen-bond donors (Lipinski definition) is 2. The van der Waals surface area contributed by atoms with Crippen LogP contribution in [0.2, 0.25) is 0 Å². The SMILES string of the molecule is CC(C)NS(=O)(=O)c1ccc(NC(=O)CCC(=O)N2CCOCC2)cc1. The van der Waals surface area contributed by atoms with Crippen LogP contribution in [-0.4, -0.2) is 57.5 Å². The molecule has 1 heterocycles. The molecule has 0 atom stereocenters. The van der Waals surface area contributed by atoms with Crippen LogP contribution in [0.4, 0.5) is 5.69 Å². The fraction of sp³-hybridized carbons (Fsp3) is 0.529. The average Bonchev–Trinajstić information content (AvgIpc) is 2.60. The van der Waals surface area contributed by atoms with Gasteiger partial charge in [0.05, 0.1) is 18.1 Å². The molecular weight excluding hydrogens is 358 g/mol. The molecule has 1 saturated heterocycles. The predicted octanol–water partition coefficient (Wildman–Crippen LogP) is 0.951. The Kier molecular flexibility index (Phi) is 7.13. The fourth-order valence-corrected chi connectivity index (χ4v) is 3.76. The van der Waals surface area contributed by atoms with Gasteiger partial charge in [-0.1, -0.05) is 0 Å². The molecule has 0 radical (unpaired) electrons. The van der Waals surface area contributed by atoms with E-state index in [1.807, 2.05) is 0 Å². The zero-order valence-corrected chi connectivity index (χ0v) is 15.8. The summed E-state index contributed by atoms with van der Waals surface area (Å²) in [6, 6.07) is 5.70. The number of nitrogens with zero attached hydrogens (tertiary/aromatic N) is 1. The van der Waals surface area contributed by atoms with Crippen molar-refractivity contribution >= 4 is 27.5 Å². The van der Waals surface area contributed by atoms with Gasteiger partial charge in [0, 0.05) is 37.7 Å². The zero-order valence-electron chi connectivity index (χ0n) is 15.0. The number of anilines is 1. The Bertz CT molecular complexity index is 725. The molecule has 1 aromatic carbocycles. The van der Waals surface area contributed by atoms with Gasteiger partial charge in [-0.15, -0.1) is 0 Å². The summed E-state index contributed by atoms with van der Waals surface area (Å²) in [6.07, 6.45) is 0.210. The third-order valence-electron chi connectivity index (χ3n) is 3.77. The van der Waals surface area contributed by atoms with Crippen LogP contribution in [0.3, 0.4) is 0 Å². The number of ether oxygens (including phenoxy) is 1. The van der Waals surface area contributed by atoms with E-state index >= 15 is 0 Å². The molecule has 0 unspecified atom stereocenters. The van der Waals surface area contributed by atoms with Crippen molar-refractivity contribution < 1.29 is 22.7 Å². The van der Waals surface area contributed by atoms with Crippen molar-refractivity contribution in [2.45, 2.75) is 37.6 Å². The summed E-state index contributed by atoms with van der Waals surface area (Å²) in [7, 11) is -3.56. The number of amides is 2. The number of carbonyl (C=O) groups is 2. The second kappa shape index (κ2) is 9.11. The van der Waals surface area contributed by atoms with Crippen LogP contribution in [0.25, 0.3) is 0 Å². The van der Waals surface area contributed by atoms with Crippen LogP contribution < -0.4 is 10.0 Å². The summed E-state index contributed by atoms with van der Waals surface area (Å²) >= 11 is 0. The smallest absolute Gasteiger partial charge is 0.240 e. The summed E-state index contributed by atoms with van der Waals surface area (Å²) in [5, 5.41) is 2.67. The van der Waals surface area contributed by atoms with Gasteiger partial charge < -0.3 is 15.0 Å². The van der Waals surface area contributed by atoms with Crippen LogP contribution in [0.15, 0.2) is 29.2 Å². The summed E-state index contributed by atoms with van der Waals surface area (Å²) in [6.45, 7) is 5.65. The number of rotatable bonds is 7. The first-order valence-corrected chi connectivity index (χ1v) is 10.0. The lowest BCUT2D eigenvalue weighted by Gasteiger charge is -2.26. The molecule has 0 spiro atoms. The Morgan fingerprint density at radius 1 is 1.12 bits per heavy atom. The summed E-state index contributed by atoms with van der Waals surface area (Å²) in [4.78, 5) is 25.8. The van der Waals surface area contributed by atoms with E-state index in [4.69, 9.17) is 4.74 Å². The zero-order chi connectivity index (χ0) is 19.2. The van der Waals surface area contributed by atoms with Crippen molar-refractivity contribution in [3.05, 3.63) is 24.3 Å². The van der Waals surface area contributed by atoms with Gasteiger partial charge in [-0.05, 0) is 38.1 Å². The summed E-state index contributed by atoms with van der Waals surface area (Å²) in [5.74, 6) is -0.354. The van der Waals surface area contributed by atoms with Crippen LogP contribution in [-0.2, 0) is 24.3 Å². The molecule has 1 fully saturated rings. The Balaban J connectivity index is 1.84. The largest absolute Gasteiger partial charge is 0.378 e. The van der Waals surface area contributed by atoms with Crippen molar-refractivity contribution in [1.29, 1.82) is 0 Å². The van der Waals surface area contributed by atoms with Crippen LogP contribution in [0.5, 0.6) is 0 Å². The normalized spacial score (nSPS) is 15.1. The molecule has 9 heteroatoms. The topological polar surface area (TPSA) is 105 Å². The standard InChI is InChI=1S/C17H25N3O5S/c1-13(2)19-26(23,24)15-5-3-14(4-6-15)18-16(21)7-8-17(22)20-9-11-25-12-10-20/h3-6,13,19H,7-12H2,1-2H3,(H,18,21). The molecule has 0 bridgehead atoms. The van der Waals surface area contributed by atoms with Gasteiger partial charge in [0.25, 0.3) is 0 Å². The van der Waals surface area contributed by atoms with Crippen molar-refractivity contribution in [2.75, 3.05) is 31.6 Å². The Morgan fingerprint density at radius 2 is 1.73 bits per heavy atom. The second-order valence-corrected chi connectivity index (χ2v) is 8.06. The Labute approximate surface area is 153 Å². The van der Waals surface area contributed by atoms with E-state index in [2.05, 4.69) is 10.0 Å². The van der Waals surface area contributed by atoms with Gasteiger partial charge >= 0.3 is 0 Å². The van der Waals surface area contributed by atoms with E-state index in [9.17, 15) is 18.0 Å². The molecular formula is C17H25N3O5S. The molecule has 1 aliphatic rings. The lowest BCUT2D eigenvalue weighted by atomic mass is 10.2. The minimum Gasteiger partial charge on any atom is -0.378 e.